The van der Waals surface area contributed by atoms with Crippen LogP contribution in [0.15, 0.2) is 108 Å². The van der Waals surface area contributed by atoms with Crippen LogP contribution in [-0.2, 0) is 4.79 Å². The summed E-state index contributed by atoms with van der Waals surface area (Å²) >= 11 is 6.98. The fourth-order valence-corrected chi connectivity index (χ4v) is 4.97. The van der Waals surface area contributed by atoms with Gasteiger partial charge in [0.05, 0.1) is 0 Å². The molecule has 0 fully saturated rings. The van der Waals surface area contributed by atoms with Gasteiger partial charge in [-0.05, 0) is 73.6 Å². The molecule has 0 heterocycles. The number of benzene rings is 4. The third kappa shape index (κ3) is 6.94. The summed E-state index contributed by atoms with van der Waals surface area (Å²) in [7, 11) is 0. The Balaban J connectivity index is 1.51. The Morgan fingerprint density at radius 2 is 1.40 bits per heavy atom. The zero-order chi connectivity index (χ0) is 24.6. The molecule has 6 heteroatoms. The Morgan fingerprint density at radius 3 is 2.11 bits per heavy atom. The lowest BCUT2D eigenvalue weighted by molar-refractivity contribution is -0.115. The monoisotopic (exact) mass is 497 g/mol. The average Bonchev–Trinajstić information content (AvgIpc) is 2.85. The van der Waals surface area contributed by atoms with Crippen molar-refractivity contribution in [1.82, 2.24) is 0 Å². The van der Waals surface area contributed by atoms with Crippen molar-refractivity contribution in [3.63, 3.8) is 0 Å². The quantitative estimate of drug-likeness (QED) is 0.181. The summed E-state index contributed by atoms with van der Waals surface area (Å²) in [6.07, 6.45) is 0. The van der Waals surface area contributed by atoms with Crippen LogP contribution in [0.5, 0.6) is 0 Å². The predicted molar refractivity (Wildman–Crippen MR) is 152 cm³/mol. The first-order valence-corrected chi connectivity index (χ1v) is 12.6. The van der Waals surface area contributed by atoms with Crippen molar-refractivity contribution >= 4 is 52.1 Å². The molecule has 0 bridgehead atoms. The lowest BCUT2D eigenvalue weighted by Gasteiger charge is -2.19. The number of thiocarbonyl (C=S) groups is 1. The van der Waals surface area contributed by atoms with Crippen LogP contribution < -0.4 is 16.0 Å². The second kappa shape index (κ2) is 11.7. The van der Waals surface area contributed by atoms with Crippen LogP contribution in [0, 0.1) is 13.8 Å². The van der Waals surface area contributed by atoms with Gasteiger partial charge in [0.2, 0.25) is 5.91 Å². The zero-order valence-electron chi connectivity index (χ0n) is 19.6. The van der Waals surface area contributed by atoms with Crippen LogP contribution in [0.4, 0.5) is 17.1 Å². The van der Waals surface area contributed by atoms with Gasteiger partial charge < -0.3 is 16.0 Å². The average molecular weight is 498 g/mol. The summed E-state index contributed by atoms with van der Waals surface area (Å²) in [5.41, 5.74) is 5.75. The Morgan fingerprint density at radius 1 is 0.743 bits per heavy atom. The van der Waals surface area contributed by atoms with E-state index in [9.17, 15) is 4.79 Å². The van der Waals surface area contributed by atoms with E-state index >= 15 is 0 Å². The second-order valence-electron chi connectivity index (χ2n) is 8.19. The van der Waals surface area contributed by atoms with Gasteiger partial charge in [0.1, 0.15) is 5.25 Å². The van der Waals surface area contributed by atoms with Crippen molar-refractivity contribution in [3.8, 4) is 0 Å². The molecule has 1 atom stereocenters. The number of aryl methyl sites for hydroxylation is 2. The van der Waals surface area contributed by atoms with E-state index in [-0.39, 0.29) is 5.91 Å². The molecular formula is C29H27N3OS2. The summed E-state index contributed by atoms with van der Waals surface area (Å²) < 4.78 is 0. The Bertz CT molecular complexity index is 1310. The molecular weight excluding hydrogens is 470 g/mol. The first-order chi connectivity index (χ1) is 17.0. The SMILES string of the molecule is Cc1ccc(NC(=O)C(Sc2cccc(NC(=S)Nc3ccccc3)c2)c2ccccc2)c(C)c1. The van der Waals surface area contributed by atoms with E-state index in [4.69, 9.17) is 12.2 Å². The summed E-state index contributed by atoms with van der Waals surface area (Å²) in [5.74, 6) is -0.0622. The van der Waals surface area contributed by atoms with Crippen LogP contribution in [0.3, 0.4) is 0 Å². The Hall–Kier alpha value is -3.61. The molecule has 0 spiro atoms. The third-order valence-corrected chi connectivity index (χ3v) is 6.81. The lowest BCUT2D eigenvalue weighted by atomic mass is 10.1. The number of para-hydroxylation sites is 1. The fraction of sp³-hybridized carbons (Fsp3) is 0.103. The maximum absolute atomic E-state index is 13.4. The summed E-state index contributed by atoms with van der Waals surface area (Å²) in [4.78, 5) is 14.4. The van der Waals surface area contributed by atoms with E-state index in [1.54, 1.807) is 0 Å². The van der Waals surface area contributed by atoms with Crippen LogP contribution >= 0.6 is 24.0 Å². The van der Waals surface area contributed by atoms with Crippen molar-refractivity contribution in [2.24, 2.45) is 0 Å². The highest BCUT2D eigenvalue weighted by molar-refractivity contribution is 8.00. The number of carbonyl (C=O) groups excluding carboxylic acids is 1. The highest BCUT2D eigenvalue weighted by Gasteiger charge is 2.23. The highest BCUT2D eigenvalue weighted by atomic mass is 32.2. The number of carbonyl (C=O) groups is 1. The number of nitrogens with one attached hydrogen (secondary N) is 3. The number of hydrogen-bond acceptors (Lipinski definition) is 3. The first kappa shape index (κ1) is 24.5. The standard InChI is InChI=1S/C29H27N3OS2/c1-20-16-17-26(21(2)18-20)32-28(33)27(22-10-5-3-6-11-22)35-25-15-9-14-24(19-25)31-29(34)30-23-12-7-4-8-13-23/h3-19,27H,1-2H3,(H,32,33)(H2,30,31,34). The normalized spacial score (nSPS) is 11.4. The highest BCUT2D eigenvalue weighted by Crippen LogP contribution is 2.37. The van der Waals surface area contributed by atoms with Gasteiger partial charge in [-0.15, -0.1) is 11.8 Å². The molecule has 4 rings (SSSR count). The molecule has 0 saturated carbocycles. The summed E-state index contributed by atoms with van der Waals surface area (Å²) in [5, 5.41) is 9.63. The molecule has 4 aromatic carbocycles. The van der Waals surface area contributed by atoms with Gasteiger partial charge in [0.25, 0.3) is 0 Å². The van der Waals surface area contributed by atoms with Gasteiger partial charge in [0, 0.05) is 22.0 Å². The van der Waals surface area contributed by atoms with Gasteiger partial charge in [-0.25, -0.2) is 0 Å². The van der Waals surface area contributed by atoms with Crippen molar-refractivity contribution in [2.45, 2.75) is 24.0 Å². The van der Waals surface area contributed by atoms with E-state index in [0.29, 0.717) is 5.11 Å². The number of hydrogen-bond donors (Lipinski definition) is 3. The Labute approximate surface area is 216 Å². The van der Waals surface area contributed by atoms with E-state index in [1.165, 1.54) is 17.3 Å². The largest absolute Gasteiger partial charge is 0.332 e. The molecule has 0 radical (unpaired) electrons. The molecule has 4 nitrogen and oxygen atoms in total. The van der Waals surface area contributed by atoms with Crippen LogP contribution in [0.1, 0.15) is 21.9 Å². The summed E-state index contributed by atoms with van der Waals surface area (Å²) in [6.45, 7) is 4.05. The van der Waals surface area contributed by atoms with E-state index < -0.39 is 5.25 Å². The second-order valence-corrected chi connectivity index (χ2v) is 9.78. The molecule has 0 saturated heterocycles. The van der Waals surface area contributed by atoms with Gasteiger partial charge >= 0.3 is 0 Å². The molecule has 1 amide bonds. The lowest BCUT2D eigenvalue weighted by Crippen LogP contribution is -2.20. The third-order valence-electron chi connectivity index (χ3n) is 5.36. The first-order valence-electron chi connectivity index (χ1n) is 11.3. The molecule has 176 valence electrons. The van der Waals surface area contributed by atoms with E-state index in [2.05, 4.69) is 22.0 Å². The predicted octanol–water partition coefficient (Wildman–Crippen LogP) is 7.58. The number of rotatable bonds is 7. The molecule has 35 heavy (non-hydrogen) atoms. The zero-order valence-corrected chi connectivity index (χ0v) is 21.3. The molecule has 3 N–H and O–H groups in total. The molecule has 0 aliphatic rings. The minimum Gasteiger partial charge on any atom is -0.332 e. The molecule has 0 aliphatic heterocycles. The van der Waals surface area contributed by atoms with Crippen molar-refractivity contribution < 1.29 is 4.79 Å². The molecule has 1 unspecified atom stereocenters. The van der Waals surface area contributed by atoms with Crippen LogP contribution in [0.25, 0.3) is 0 Å². The smallest absolute Gasteiger partial charge is 0.242 e. The van der Waals surface area contributed by atoms with Gasteiger partial charge in [0.15, 0.2) is 5.11 Å². The maximum Gasteiger partial charge on any atom is 0.242 e. The Kier molecular flexibility index (Phi) is 8.19. The summed E-state index contributed by atoms with van der Waals surface area (Å²) in [6, 6.07) is 33.6. The van der Waals surface area contributed by atoms with E-state index in [1.807, 2.05) is 111 Å². The molecule has 0 aromatic heterocycles. The molecule has 0 aliphatic carbocycles. The number of thioether (sulfide) groups is 1. The number of amides is 1. The molecule has 4 aromatic rings. The minimum atomic E-state index is -0.415. The van der Waals surface area contributed by atoms with Crippen molar-refractivity contribution in [1.29, 1.82) is 0 Å². The van der Waals surface area contributed by atoms with Crippen molar-refractivity contribution in [2.75, 3.05) is 16.0 Å². The van der Waals surface area contributed by atoms with Crippen LogP contribution in [-0.4, -0.2) is 11.0 Å². The fourth-order valence-electron chi connectivity index (χ4n) is 3.65. The van der Waals surface area contributed by atoms with Gasteiger partial charge in [-0.1, -0.05) is 72.3 Å². The maximum atomic E-state index is 13.4. The number of anilines is 3. The van der Waals surface area contributed by atoms with Gasteiger partial charge in [-0.2, -0.15) is 0 Å². The van der Waals surface area contributed by atoms with E-state index in [0.717, 1.165) is 33.1 Å². The minimum absolute atomic E-state index is 0.0622. The topological polar surface area (TPSA) is 53.2 Å². The van der Waals surface area contributed by atoms with Gasteiger partial charge in [-0.3, -0.25) is 4.79 Å². The van der Waals surface area contributed by atoms with Crippen molar-refractivity contribution in [3.05, 3.63) is 120 Å². The van der Waals surface area contributed by atoms with Crippen LogP contribution in [0.2, 0.25) is 0 Å².